The van der Waals surface area contributed by atoms with Crippen molar-refractivity contribution < 1.29 is 9.53 Å². The topological polar surface area (TPSA) is 26.3 Å². The van der Waals surface area contributed by atoms with E-state index in [2.05, 4.69) is 6.08 Å². The van der Waals surface area contributed by atoms with E-state index in [0.717, 1.165) is 29.1 Å². The molecule has 0 bridgehead atoms. The highest BCUT2D eigenvalue weighted by Gasteiger charge is 2.21. The zero-order valence-corrected chi connectivity index (χ0v) is 8.19. The van der Waals surface area contributed by atoms with Crippen LogP contribution >= 0.6 is 0 Å². The summed E-state index contributed by atoms with van der Waals surface area (Å²) in [6.45, 7) is 0. The van der Waals surface area contributed by atoms with Crippen LogP contribution in [0, 0.1) is 0 Å². The summed E-state index contributed by atoms with van der Waals surface area (Å²) >= 11 is 0. The average Bonchev–Trinajstić information content (AvgIpc) is 2.26. The molecule has 1 aliphatic heterocycles. The lowest BCUT2D eigenvalue weighted by Gasteiger charge is -2.22. The van der Waals surface area contributed by atoms with Crippen molar-refractivity contribution in [2.45, 2.75) is 12.8 Å². The first-order chi connectivity index (χ1) is 7.33. The van der Waals surface area contributed by atoms with Crippen molar-refractivity contribution in [1.29, 1.82) is 0 Å². The molecule has 1 heterocycles. The summed E-state index contributed by atoms with van der Waals surface area (Å²) in [5.41, 5.74) is 2.23. The molecule has 15 heavy (non-hydrogen) atoms. The Morgan fingerprint density at radius 3 is 2.87 bits per heavy atom. The van der Waals surface area contributed by atoms with E-state index >= 15 is 0 Å². The molecular weight excluding hydrogens is 188 g/mol. The van der Waals surface area contributed by atoms with Crippen LogP contribution in [0.15, 0.2) is 41.7 Å². The standard InChI is InChI=1S/C13H10O2/c14-11-6-5-10-7-9-3-1-2-4-12(9)15-13(10)8-11/h1-4,7-8H,5-6H2. The number of hydrogen-bond acceptors (Lipinski definition) is 2. The van der Waals surface area contributed by atoms with Crippen molar-refractivity contribution in [3.05, 3.63) is 47.2 Å². The van der Waals surface area contributed by atoms with Gasteiger partial charge in [0.05, 0.1) is 0 Å². The van der Waals surface area contributed by atoms with E-state index in [1.807, 2.05) is 24.3 Å². The summed E-state index contributed by atoms with van der Waals surface area (Å²) in [5, 5.41) is 0. The van der Waals surface area contributed by atoms with Gasteiger partial charge < -0.3 is 4.74 Å². The summed E-state index contributed by atoms with van der Waals surface area (Å²) in [5.74, 6) is 1.72. The molecule has 2 nitrogen and oxygen atoms in total. The predicted molar refractivity (Wildman–Crippen MR) is 57.4 cm³/mol. The van der Waals surface area contributed by atoms with E-state index in [0.29, 0.717) is 6.42 Å². The smallest absolute Gasteiger partial charge is 0.159 e. The van der Waals surface area contributed by atoms with Gasteiger partial charge in [-0.15, -0.1) is 0 Å². The molecule has 0 fully saturated rings. The van der Waals surface area contributed by atoms with E-state index in [-0.39, 0.29) is 5.78 Å². The van der Waals surface area contributed by atoms with Crippen molar-refractivity contribution >= 4 is 11.9 Å². The summed E-state index contributed by atoms with van der Waals surface area (Å²) in [4.78, 5) is 11.2. The van der Waals surface area contributed by atoms with E-state index in [1.54, 1.807) is 6.08 Å². The maximum atomic E-state index is 11.2. The minimum absolute atomic E-state index is 0.154. The van der Waals surface area contributed by atoms with Crippen molar-refractivity contribution in [3.8, 4) is 5.75 Å². The third-order valence-electron chi connectivity index (χ3n) is 2.72. The number of fused-ring (bicyclic) bond motifs is 2. The van der Waals surface area contributed by atoms with Gasteiger partial charge in [-0.3, -0.25) is 4.79 Å². The van der Waals surface area contributed by atoms with Crippen molar-refractivity contribution in [2.24, 2.45) is 0 Å². The van der Waals surface area contributed by atoms with Crippen molar-refractivity contribution in [1.82, 2.24) is 0 Å². The molecule has 0 saturated heterocycles. The normalized spacial score (nSPS) is 18.3. The zero-order valence-electron chi connectivity index (χ0n) is 8.19. The molecular formula is C13H10O2. The van der Waals surface area contributed by atoms with Gasteiger partial charge in [0.15, 0.2) is 5.78 Å². The van der Waals surface area contributed by atoms with Crippen LogP contribution in [-0.2, 0) is 4.79 Å². The molecule has 0 unspecified atom stereocenters. The van der Waals surface area contributed by atoms with E-state index in [1.165, 1.54) is 0 Å². The van der Waals surface area contributed by atoms with Gasteiger partial charge in [0, 0.05) is 18.1 Å². The third-order valence-corrected chi connectivity index (χ3v) is 2.72. The number of carbonyl (C=O) groups excluding carboxylic acids is 1. The highest BCUT2D eigenvalue weighted by molar-refractivity contribution is 5.93. The molecule has 2 heteroatoms. The SMILES string of the molecule is O=C1C=C2Oc3ccccc3C=C2CC1. The van der Waals surface area contributed by atoms with Crippen LogP contribution in [0.3, 0.4) is 0 Å². The molecule has 1 aromatic rings. The first-order valence-corrected chi connectivity index (χ1v) is 5.05. The van der Waals surface area contributed by atoms with Crippen LogP contribution in [0.1, 0.15) is 18.4 Å². The number of rotatable bonds is 0. The van der Waals surface area contributed by atoms with Crippen molar-refractivity contribution in [3.63, 3.8) is 0 Å². The average molecular weight is 198 g/mol. The van der Waals surface area contributed by atoms with Gasteiger partial charge in [0.2, 0.25) is 0 Å². The van der Waals surface area contributed by atoms with Gasteiger partial charge in [0.25, 0.3) is 0 Å². The Morgan fingerprint density at radius 1 is 1.07 bits per heavy atom. The quantitative estimate of drug-likeness (QED) is 0.640. The number of hydrogen-bond donors (Lipinski definition) is 0. The second-order valence-electron chi connectivity index (χ2n) is 3.78. The van der Waals surface area contributed by atoms with Crippen LogP contribution in [0.4, 0.5) is 0 Å². The minimum Gasteiger partial charge on any atom is -0.456 e. The molecule has 0 radical (unpaired) electrons. The summed E-state index contributed by atoms with van der Waals surface area (Å²) in [7, 11) is 0. The zero-order chi connectivity index (χ0) is 10.3. The maximum Gasteiger partial charge on any atom is 0.159 e. The van der Waals surface area contributed by atoms with Gasteiger partial charge in [-0.2, -0.15) is 0 Å². The van der Waals surface area contributed by atoms with E-state index in [4.69, 9.17) is 4.74 Å². The minimum atomic E-state index is 0.154. The summed E-state index contributed by atoms with van der Waals surface area (Å²) in [6.07, 6.45) is 5.10. The predicted octanol–water partition coefficient (Wildman–Crippen LogP) is 2.71. The lowest BCUT2D eigenvalue weighted by molar-refractivity contribution is -0.114. The molecule has 74 valence electrons. The summed E-state index contributed by atoms with van der Waals surface area (Å²) in [6, 6.07) is 7.86. The molecule has 0 amide bonds. The number of ketones is 1. The lowest BCUT2D eigenvalue weighted by Crippen LogP contribution is -2.13. The Labute approximate surface area is 87.9 Å². The van der Waals surface area contributed by atoms with Crippen LogP contribution < -0.4 is 4.74 Å². The Morgan fingerprint density at radius 2 is 1.93 bits per heavy atom. The number of ether oxygens (including phenoxy) is 1. The molecule has 1 aromatic carbocycles. The van der Waals surface area contributed by atoms with Crippen LogP contribution in [0.25, 0.3) is 6.08 Å². The number of para-hydroxylation sites is 1. The summed E-state index contributed by atoms with van der Waals surface area (Å²) < 4.78 is 5.68. The fraction of sp³-hybridized carbons (Fsp3) is 0.154. The molecule has 0 spiro atoms. The molecule has 1 aliphatic carbocycles. The fourth-order valence-electron chi connectivity index (χ4n) is 1.93. The highest BCUT2D eigenvalue weighted by Crippen LogP contribution is 2.35. The Hall–Kier alpha value is -1.83. The lowest BCUT2D eigenvalue weighted by atomic mass is 9.95. The first kappa shape index (κ1) is 8.48. The van der Waals surface area contributed by atoms with Crippen LogP contribution in [0.5, 0.6) is 5.75 Å². The Kier molecular flexibility index (Phi) is 1.75. The van der Waals surface area contributed by atoms with E-state index in [9.17, 15) is 4.79 Å². The Bertz CT molecular complexity index is 495. The maximum absolute atomic E-state index is 11.2. The van der Waals surface area contributed by atoms with Gasteiger partial charge in [0.1, 0.15) is 11.5 Å². The van der Waals surface area contributed by atoms with Gasteiger partial charge in [-0.25, -0.2) is 0 Å². The third kappa shape index (κ3) is 1.38. The monoisotopic (exact) mass is 198 g/mol. The molecule has 0 aromatic heterocycles. The molecule has 2 aliphatic rings. The Balaban J connectivity index is 2.13. The highest BCUT2D eigenvalue weighted by atomic mass is 16.5. The molecule has 0 N–H and O–H groups in total. The number of carbonyl (C=O) groups is 1. The molecule has 0 atom stereocenters. The van der Waals surface area contributed by atoms with Gasteiger partial charge in [-0.05, 0) is 24.1 Å². The number of benzene rings is 1. The van der Waals surface area contributed by atoms with Crippen LogP contribution in [-0.4, -0.2) is 5.78 Å². The van der Waals surface area contributed by atoms with Gasteiger partial charge >= 0.3 is 0 Å². The number of allylic oxidation sites excluding steroid dienone is 2. The van der Waals surface area contributed by atoms with E-state index < -0.39 is 0 Å². The fourth-order valence-corrected chi connectivity index (χ4v) is 1.93. The second-order valence-corrected chi connectivity index (χ2v) is 3.78. The molecule has 0 saturated carbocycles. The first-order valence-electron chi connectivity index (χ1n) is 5.05. The largest absolute Gasteiger partial charge is 0.456 e. The van der Waals surface area contributed by atoms with Gasteiger partial charge in [-0.1, -0.05) is 18.2 Å². The second kappa shape index (κ2) is 3.09. The molecule has 3 rings (SSSR count). The van der Waals surface area contributed by atoms with Crippen LogP contribution in [0.2, 0.25) is 0 Å². The van der Waals surface area contributed by atoms with Crippen molar-refractivity contribution in [2.75, 3.05) is 0 Å².